The number of nitrogens with one attached hydrogen (secondary N) is 2. The Morgan fingerprint density at radius 3 is 2.82 bits per heavy atom. The third-order valence-corrected chi connectivity index (χ3v) is 3.12. The molecule has 1 aromatic carbocycles. The largest absolute Gasteiger partial charge is 0.494 e. The van der Waals surface area contributed by atoms with E-state index in [1.54, 1.807) is 0 Å². The lowest BCUT2D eigenvalue weighted by molar-refractivity contribution is 0.176. The van der Waals surface area contributed by atoms with Gasteiger partial charge in [-0.1, -0.05) is 0 Å². The smallest absolute Gasteiger partial charge is 0.413 e. The van der Waals surface area contributed by atoms with Crippen molar-refractivity contribution in [3.8, 4) is 11.5 Å². The van der Waals surface area contributed by atoms with Gasteiger partial charge in [-0.25, -0.2) is 4.79 Å². The Kier molecular flexibility index (Phi) is 5.46. The van der Waals surface area contributed by atoms with E-state index in [0.29, 0.717) is 25.7 Å². The van der Waals surface area contributed by atoms with Crippen molar-refractivity contribution in [2.75, 3.05) is 26.9 Å². The summed E-state index contributed by atoms with van der Waals surface area (Å²) in [5, 5.41) is 5.67. The highest BCUT2D eigenvalue weighted by atomic mass is 16.5. The molecule has 0 spiro atoms. The van der Waals surface area contributed by atoms with Crippen molar-refractivity contribution in [1.29, 1.82) is 0 Å². The van der Waals surface area contributed by atoms with Gasteiger partial charge in [-0.05, 0) is 32.0 Å². The van der Waals surface area contributed by atoms with E-state index in [9.17, 15) is 4.79 Å². The molecule has 7 nitrogen and oxygen atoms in total. The summed E-state index contributed by atoms with van der Waals surface area (Å²) in [6.45, 7) is 5.53. The lowest BCUT2D eigenvalue weighted by Crippen LogP contribution is -2.39. The van der Waals surface area contributed by atoms with Crippen LogP contribution in [0.5, 0.6) is 11.5 Å². The topological polar surface area (TPSA) is 81.2 Å². The number of aliphatic imine (C=N–C) groups is 1. The Labute approximate surface area is 129 Å². The maximum atomic E-state index is 11.2. The van der Waals surface area contributed by atoms with E-state index in [4.69, 9.17) is 9.47 Å². The Hall–Kier alpha value is -2.44. The molecule has 1 unspecified atom stereocenters. The van der Waals surface area contributed by atoms with Crippen LogP contribution in [0.3, 0.4) is 0 Å². The molecule has 1 atom stereocenters. The third kappa shape index (κ3) is 3.81. The molecule has 1 amide bonds. The van der Waals surface area contributed by atoms with Gasteiger partial charge in [0.05, 0.1) is 32.9 Å². The normalized spacial score (nSPS) is 16.5. The minimum Gasteiger partial charge on any atom is -0.494 e. The molecule has 0 aromatic heterocycles. The summed E-state index contributed by atoms with van der Waals surface area (Å²) in [6, 6.07) is 5.61. The van der Waals surface area contributed by atoms with E-state index in [-0.39, 0.29) is 6.04 Å². The third-order valence-electron chi connectivity index (χ3n) is 3.12. The summed E-state index contributed by atoms with van der Waals surface area (Å²) in [5.74, 6) is 1.94. The first-order valence-electron chi connectivity index (χ1n) is 7.23. The number of amides is 1. The zero-order valence-electron chi connectivity index (χ0n) is 13.0. The number of hydrogen-bond acceptors (Lipinski definition) is 6. The zero-order valence-corrected chi connectivity index (χ0v) is 13.0. The van der Waals surface area contributed by atoms with Gasteiger partial charge in [0, 0.05) is 5.56 Å². The van der Waals surface area contributed by atoms with Crippen molar-refractivity contribution < 1.29 is 19.0 Å². The summed E-state index contributed by atoms with van der Waals surface area (Å²) >= 11 is 0. The van der Waals surface area contributed by atoms with Gasteiger partial charge in [-0.15, -0.1) is 0 Å². The Bertz CT molecular complexity index is 560. The summed E-state index contributed by atoms with van der Waals surface area (Å²) in [7, 11) is 1.31. The van der Waals surface area contributed by atoms with Gasteiger partial charge in [0.2, 0.25) is 5.96 Å². The molecule has 0 aliphatic carbocycles. The molecule has 0 saturated carbocycles. The zero-order chi connectivity index (χ0) is 15.9. The minimum absolute atomic E-state index is 0.0888. The number of benzene rings is 1. The monoisotopic (exact) mass is 307 g/mol. The molecule has 7 heteroatoms. The maximum absolute atomic E-state index is 11.2. The van der Waals surface area contributed by atoms with Crippen LogP contribution in [0.15, 0.2) is 23.2 Å². The Morgan fingerprint density at radius 1 is 1.36 bits per heavy atom. The lowest BCUT2D eigenvalue weighted by Gasteiger charge is -2.18. The Balaban J connectivity index is 2.14. The van der Waals surface area contributed by atoms with Crippen LogP contribution in [0.2, 0.25) is 0 Å². The number of guanidine groups is 1. The fourth-order valence-electron chi connectivity index (χ4n) is 2.18. The van der Waals surface area contributed by atoms with Gasteiger partial charge in [-0.3, -0.25) is 10.3 Å². The van der Waals surface area contributed by atoms with E-state index in [0.717, 1.165) is 17.1 Å². The Morgan fingerprint density at radius 2 is 2.14 bits per heavy atom. The highest BCUT2D eigenvalue weighted by Crippen LogP contribution is 2.31. The quantitative estimate of drug-likeness (QED) is 0.867. The molecular formula is C15H21N3O4. The molecule has 0 saturated heterocycles. The van der Waals surface area contributed by atoms with Gasteiger partial charge >= 0.3 is 6.09 Å². The fraction of sp³-hybridized carbons (Fsp3) is 0.467. The lowest BCUT2D eigenvalue weighted by atomic mass is 10.1. The second-order valence-electron chi connectivity index (χ2n) is 4.57. The first-order valence-corrected chi connectivity index (χ1v) is 7.23. The van der Waals surface area contributed by atoms with Crippen molar-refractivity contribution in [1.82, 2.24) is 10.6 Å². The van der Waals surface area contributed by atoms with Crippen LogP contribution in [-0.2, 0) is 4.74 Å². The standard InChI is InChI=1S/C15H21N3O4/c1-4-21-10-6-7-13(22-5-2)11(8-10)12-9-16-14(17-12)18-15(19)20-3/h6-8,12H,4-5,9H2,1-3H3,(H2,16,17,18,19). The van der Waals surface area contributed by atoms with Gasteiger partial charge < -0.3 is 19.5 Å². The molecule has 0 fully saturated rings. The summed E-state index contributed by atoms with van der Waals surface area (Å²) in [5.41, 5.74) is 0.943. The van der Waals surface area contributed by atoms with Crippen molar-refractivity contribution in [2.24, 2.45) is 4.99 Å². The molecule has 2 rings (SSSR count). The second kappa shape index (κ2) is 7.53. The van der Waals surface area contributed by atoms with E-state index < -0.39 is 6.09 Å². The number of rotatable bonds is 5. The summed E-state index contributed by atoms with van der Waals surface area (Å²) < 4.78 is 15.7. The predicted molar refractivity (Wildman–Crippen MR) is 82.5 cm³/mol. The number of nitrogens with zero attached hydrogens (tertiary/aromatic N) is 1. The minimum atomic E-state index is -0.556. The second-order valence-corrected chi connectivity index (χ2v) is 4.57. The van der Waals surface area contributed by atoms with Crippen LogP contribution in [0, 0.1) is 0 Å². The van der Waals surface area contributed by atoms with Crippen molar-refractivity contribution in [3.05, 3.63) is 23.8 Å². The predicted octanol–water partition coefficient (Wildman–Crippen LogP) is 1.84. The molecule has 0 radical (unpaired) electrons. The van der Waals surface area contributed by atoms with Crippen LogP contribution < -0.4 is 20.1 Å². The van der Waals surface area contributed by atoms with Gasteiger partial charge in [-0.2, -0.15) is 0 Å². The number of carbonyl (C=O) groups is 1. The number of methoxy groups -OCH3 is 1. The molecule has 1 heterocycles. The summed E-state index contributed by atoms with van der Waals surface area (Å²) in [4.78, 5) is 15.5. The van der Waals surface area contributed by atoms with E-state index >= 15 is 0 Å². The molecule has 120 valence electrons. The van der Waals surface area contributed by atoms with Crippen LogP contribution >= 0.6 is 0 Å². The van der Waals surface area contributed by atoms with Gasteiger partial charge in [0.1, 0.15) is 11.5 Å². The van der Waals surface area contributed by atoms with Crippen LogP contribution in [0.25, 0.3) is 0 Å². The molecule has 1 aliphatic rings. The fourth-order valence-corrected chi connectivity index (χ4v) is 2.18. The summed E-state index contributed by atoms with van der Waals surface area (Å²) in [6.07, 6.45) is -0.556. The van der Waals surface area contributed by atoms with Crippen molar-refractivity contribution in [2.45, 2.75) is 19.9 Å². The number of hydrogen-bond donors (Lipinski definition) is 2. The number of carbonyl (C=O) groups excluding carboxylic acids is 1. The first kappa shape index (κ1) is 15.9. The average molecular weight is 307 g/mol. The SMILES string of the molecule is CCOc1ccc(OCC)c(C2CN=C(NC(=O)OC)N2)c1. The average Bonchev–Trinajstić information content (AvgIpc) is 2.97. The molecule has 1 aliphatic heterocycles. The molecule has 1 aromatic rings. The van der Waals surface area contributed by atoms with Gasteiger partial charge in [0.25, 0.3) is 0 Å². The van der Waals surface area contributed by atoms with E-state index in [1.165, 1.54) is 7.11 Å². The number of alkyl carbamates (subject to hydrolysis) is 1. The van der Waals surface area contributed by atoms with E-state index in [2.05, 4.69) is 20.4 Å². The number of ether oxygens (including phenoxy) is 3. The molecule has 2 N–H and O–H groups in total. The molecular weight excluding hydrogens is 286 g/mol. The van der Waals surface area contributed by atoms with Crippen molar-refractivity contribution in [3.63, 3.8) is 0 Å². The van der Waals surface area contributed by atoms with E-state index in [1.807, 2.05) is 32.0 Å². The maximum Gasteiger partial charge on any atom is 0.413 e. The highest BCUT2D eigenvalue weighted by Gasteiger charge is 2.24. The van der Waals surface area contributed by atoms with Gasteiger partial charge in [0.15, 0.2) is 0 Å². The van der Waals surface area contributed by atoms with Crippen LogP contribution in [0.1, 0.15) is 25.5 Å². The molecule has 0 bridgehead atoms. The highest BCUT2D eigenvalue weighted by molar-refractivity contribution is 5.95. The van der Waals surface area contributed by atoms with Crippen molar-refractivity contribution >= 4 is 12.1 Å². The van der Waals surface area contributed by atoms with Crippen LogP contribution in [-0.4, -0.2) is 38.9 Å². The molecule has 22 heavy (non-hydrogen) atoms. The first-order chi connectivity index (χ1) is 10.7. The van der Waals surface area contributed by atoms with Crippen LogP contribution in [0.4, 0.5) is 4.79 Å².